The highest BCUT2D eigenvalue weighted by Gasteiger charge is 2.27. The lowest BCUT2D eigenvalue weighted by atomic mass is 10.1. The molecule has 0 saturated carbocycles. The second kappa shape index (κ2) is 7.47. The molecule has 0 aromatic rings. The van der Waals surface area contributed by atoms with Crippen molar-refractivity contribution in [3.05, 3.63) is 0 Å². The molecule has 8 heteroatoms. The summed E-state index contributed by atoms with van der Waals surface area (Å²) in [5.74, 6) is -0.419. The number of carboxylic acid groups (broad SMARTS) is 1. The Morgan fingerprint density at radius 1 is 1.35 bits per heavy atom. The van der Waals surface area contributed by atoms with Crippen molar-refractivity contribution < 1.29 is 23.1 Å². The molecule has 1 saturated heterocycles. The lowest BCUT2D eigenvalue weighted by molar-refractivity contribution is -0.137. The van der Waals surface area contributed by atoms with E-state index in [1.807, 2.05) is 6.92 Å². The fourth-order valence-electron chi connectivity index (χ4n) is 2.07. The molecule has 2 atom stereocenters. The van der Waals surface area contributed by atoms with Crippen LogP contribution in [0.4, 0.5) is 4.79 Å². The van der Waals surface area contributed by atoms with Crippen LogP contribution in [-0.4, -0.2) is 50.1 Å². The maximum Gasteiger partial charge on any atom is 0.314 e. The first-order valence-corrected chi connectivity index (χ1v) is 8.54. The molecular weight excluding hydrogens is 284 g/mol. The Balaban J connectivity index is 2.13. The number of nitrogens with one attached hydrogen (secondary N) is 2. The summed E-state index contributed by atoms with van der Waals surface area (Å²) >= 11 is 0. The van der Waals surface area contributed by atoms with E-state index >= 15 is 0 Å². The van der Waals surface area contributed by atoms with Gasteiger partial charge < -0.3 is 15.7 Å². The number of rotatable bonds is 7. The molecule has 1 rings (SSSR count). The molecule has 3 N–H and O–H groups in total. The number of carboxylic acids is 1. The maximum absolute atomic E-state index is 11.5. The third kappa shape index (κ3) is 6.74. The Hall–Kier alpha value is -1.31. The molecule has 1 aliphatic heterocycles. The first-order valence-electron chi connectivity index (χ1n) is 6.72. The highest BCUT2D eigenvalue weighted by molar-refractivity contribution is 7.91. The number of carbonyl (C=O) groups is 2. The summed E-state index contributed by atoms with van der Waals surface area (Å²) in [6.45, 7) is 2.63. The van der Waals surface area contributed by atoms with Gasteiger partial charge in [-0.2, -0.15) is 0 Å². The molecule has 0 bridgehead atoms. The third-order valence-corrected chi connectivity index (χ3v) is 5.18. The minimum atomic E-state index is -2.91. The molecule has 0 radical (unpaired) electrons. The van der Waals surface area contributed by atoms with Crippen molar-refractivity contribution in [2.24, 2.45) is 11.8 Å². The summed E-state index contributed by atoms with van der Waals surface area (Å²) in [7, 11) is -2.91. The molecule has 0 aliphatic carbocycles. The minimum absolute atomic E-state index is 0.00446. The SMILES string of the molecule is CC(CCC(=O)O)CNC(=O)NCC1CCS(=O)(=O)C1. The van der Waals surface area contributed by atoms with Crippen LogP contribution in [0.25, 0.3) is 0 Å². The lowest BCUT2D eigenvalue weighted by Crippen LogP contribution is -2.40. The summed E-state index contributed by atoms with van der Waals surface area (Å²) < 4.78 is 22.5. The van der Waals surface area contributed by atoms with E-state index in [1.54, 1.807) is 0 Å². The summed E-state index contributed by atoms with van der Waals surface area (Å²) in [5, 5.41) is 13.8. The topological polar surface area (TPSA) is 113 Å². The van der Waals surface area contributed by atoms with E-state index < -0.39 is 15.8 Å². The van der Waals surface area contributed by atoms with Crippen molar-refractivity contribution >= 4 is 21.8 Å². The van der Waals surface area contributed by atoms with E-state index in [2.05, 4.69) is 10.6 Å². The second-order valence-corrected chi connectivity index (χ2v) is 7.63. The van der Waals surface area contributed by atoms with Gasteiger partial charge in [0.2, 0.25) is 0 Å². The normalized spacial score (nSPS) is 22.1. The van der Waals surface area contributed by atoms with Crippen LogP contribution in [0, 0.1) is 11.8 Å². The van der Waals surface area contributed by atoms with Crippen molar-refractivity contribution in [1.82, 2.24) is 10.6 Å². The van der Waals surface area contributed by atoms with Crippen LogP contribution >= 0.6 is 0 Å². The zero-order valence-corrected chi connectivity index (χ0v) is 12.4. The molecular formula is C12H22N2O5S. The Labute approximate surface area is 119 Å². The van der Waals surface area contributed by atoms with Crippen molar-refractivity contribution in [2.75, 3.05) is 24.6 Å². The van der Waals surface area contributed by atoms with E-state index in [-0.39, 0.29) is 35.8 Å². The Kier molecular flexibility index (Phi) is 6.25. The first-order chi connectivity index (χ1) is 9.28. The molecule has 20 heavy (non-hydrogen) atoms. The van der Waals surface area contributed by atoms with Crippen LogP contribution in [-0.2, 0) is 14.6 Å². The van der Waals surface area contributed by atoms with Gasteiger partial charge in [-0.05, 0) is 24.7 Å². The van der Waals surface area contributed by atoms with Gasteiger partial charge in [-0.1, -0.05) is 6.92 Å². The standard InChI is InChI=1S/C12H22N2O5S/c1-9(2-3-11(15)16)6-13-12(17)14-7-10-4-5-20(18,19)8-10/h9-10H,2-8H2,1H3,(H,15,16)(H2,13,14,17). The average Bonchev–Trinajstić information content (AvgIpc) is 2.71. The fourth-order valence-corrected chi connectivity index (χ4v) is 3.93. The number of hydrogen-bond donors (Lipinski definition) is 3. The van der Waals surface area contributed by atoms with E-state index in [1.165, 1.54) is 0 Å². The minimum Gasteiger partial charge on any atom is -0.481 e. The summed E-state index contributed by atoms with van der Waals surface area (Å²) in [4.78, 5) is 21.9. The first kappa shape index (κ1) is 16.7. The number of urea groups is 1. The predicted octanol–water partition coefficient (Wildman–Crippen LogP) is 0.221. The van der Waals surface area contributed by atoms with Crippen LogP contribution in [0.3, 0.4) is 0 Å². The van der Waals surface area contributed by atoms with Crippen LogP contribution < -0.4 is 10.6 Å². The van der Waals surface area contributed by atoms with E-state index in [0.717, 1.165) is 0 Å². The molecule has 7 nitrogen and oxygen atoms in total. The van der Waals surface area contributed by atoms with Gasteiger partial charge >= 0.3 is 12.0 Å². The zero-order chi connectivity index (χ0) is 15.2. The lowest BCUT2D eigenvalue weighted by Gasteiger charge is -2.14. The van der Waals surface area contributed by atoms with Crippen LogP contribution in [0.1, 0.15) is 26.2 Å². The zero-order valence-electron chi connectivity index (χ0n) is 11.6. The van der Waals surface area contributed by atoms with Crippen LogP contribution in [0.2, 0.25) is 0 Å². The van der Waals surface area contributed by atoms with E-state index in [0.29, 0.717) is 25.9 Å². The molecule has 116 valence electrons. The third-order valence-electron chi connectivity index (χ3n) is 3.34. The van der Waals surface area contributed by atoms with Crippen molar-refractivity contribution in [2.45, 2.75) is 26.2 Å². The summed E-state index contributed by atoms with van der Waals surface area (Å²) in [6, 6.07) is -0.337. The predicted molar refractivity (Wildman–Crippen MR) is 74.2 cm³/mol. The largest absolute Gasteiger partial charge is 0.481 e. The van der Waals surface area contributed by atoms with Gasteiger partial charge in [0.25, 0.3) is 0 Å². The fraction of sp³-hybridized carbons (Fsp3) is 0.833. The van der Waals surface area contributed by atoms with E-state index in [4.69, 9.17) is 5.11 Å². The molecule has 1 heterocycles. The van der Waals surface area contributed by atoms with Crippen molar-refractivity contribution in [3.63, 3.8) is 0 Å². The number of aliphatic carboxylic acids is 1. The van der Waals surface area contributed by atoms with Gasteiger partial charge in [-0.25, -0.2) is 13.2 Å². The van der Waals surface area contributed by atoms with Gasteiger partial charge in [0.05, 0.1) is 11.5 Å². The van der Waals surface area contributed by atoms with Gasteiger partial charge in [0.1, 0.15) is 0 Å². The van der Waals surface area contributed by atoms with Crippen molar-refractivity contribution in [3.8, 4) is 0 Å². The second-order valence-electron chi connectivity index (χ2n) is 5.40. The molecule has 2 amide bonds. The number of amides is 2. The van der Waals surface area contributed by atoms with Gasteiger partial charge in [0.15, 0.2) is 9.84 Å². The highest BCUT2D eigenvalue weighted by atomic mass is 32.2. The Bertz CT molecular complexity index is 449. The van der Waals surface area contributed by atoms with Crippen molar-refractivity contribution in [1.29, 1.82) is 0 Å². The maximum atomic E-state index is 11.5. The van der Waals surface area contributed by atoms with E-state index in [9.17, 15) is 18.0 Å². The number of hydrogen-bond acceptors (Lipinski definition) is 4. The summed E-state index contributed by atoms with van der Waals surface area (Å²) in [6.07, 6.45) is 1.19. The molecule has 0 aromatic carbocycles. The smallest absolute Gasteiger partial charge is 0.314 e. The summed E-state index contributed by atoms with van der Waals surface area (Å²) in [5.41, 5.74) is 0. The quantitative estimate of drug-likeness (QED) is 0.623. The van der Waals surface area contributed by atoms with Crippen LogP contribution in [0.5, 0.6) is 0 Å². The Morgan fingerprint density at radius 3 is 2.60 bits per heavy atom. The molecule has 1 aliphatic rings. The number of carbonyl (C=O) groups excluding carboxylic acids is 1. The molecule has 0 spiro atoms. The molecule has 2 unspecified atom stereocenters. The van der Waals surface area contributed by atoms with Crippen LogP contribution in [0.15, 0.2) is 0 Å². The average molecular weight is 306 g/mol. The Morgan fingerprint density at radius 2 is 2.05 bits per heavy atom. The van der Waals surface area contributed by atoms with Gasteiger partial charge in [-0.15, -0.1) is 0 Å². The highest BCUT2D eigenvalue weighted by Crippen LogP contribution is 2.17. The number of sulfone groups is 1. The molecule has 1 fully saturated rings. The monoisotopic (exact) mass is 306 g/mol. The van der Waals surface area contributed by atoms with Gasteiger partial charge in [-0.3, -0.25) is 4.79 Å². The molecule has 0 aromatic heterocycles. The van der Waals surface area contributed by atoms with Gasteiger partial charge in [0, 0.05) is 19.5 Å².